The normalized spacial score (nSPS) is 12.5. The maximum Gasteiger partial charge on any atom is 0.372 e. The minimum Gasteiger partial charge on any atom is -0.496 e. The quantitative estimate of drug-likeness (QED) is 0.514. The Hall–Kier alpha value is -2.65. The van der Waals surface area contributed by atoms with E-state index in [9.17, 15) is 10.1 Å². The standard InChI is InChI=1S/C16H19N5O3S/c1-19(2)12(11-6-4-5-7-13(11)24-3)10-17-14-15(21(22)23)20-8-9-25-16(20)18-14/h4-9,12,17H,10H2,1-3H3. The molecule has 0 amide bonds. The highest BCUT2D eigenvalue weighted by atomic mass is 32.1. The van der Waals surface area contributed by atoms with E-state index in [1.807, 2.05) is 43.3 Å². The van der Waals surface area contributed by atoms with Gasteiger partial charge in [-0.05, 0) is 25.1 Å². The average Bonchev–Trinajstić information content (AvgIpc) is 3.15. The van der Waals surface area contributed by atoms with Crippen LogP contribution < -0.4 is 10.1 Å². The van der Waals surface area contributed by atoms with Crippen molar-refractivity contribution >= 4 is 27.9 Å². The molecule has 25 heavy (non-hydrogen) atoms. The first-order chi connectivity index (χ1) is 12.0. The van der Waals surface area contributed by atoms with Crippen LogP contribution in [-0.2, 0) is 0 Å². The Balaban J connectivity index is 1.89. The Bertz CT molecular complexity index is 889. The lowest BCUT2D eigenvalue weighted by Gasteiger charge is -2.26. The zero-order valence-electron chi connectivity index (χ0n) is 14.2. The Morgan fingerprint density at radius 3 is 2.88 bits per heavy atom. The summed E-state index contributed by atoms with van der Waals surface area (Å²) in [7, 11) is 5.55. The monoisotopic (exact) mass is 361 g/mol. The topological polar surface area (TPSA) is 84.9 Å². The highest BCUT2D eigenvalue weighted by Gasteiger charge is 2.25. The molecular weight excluding hydrogens is 342 g/mol. The van der Waals surface area contributed by atoms with Crippen LogP contribution >= 0.6 is 11.3 Å². The van der Waals surface area contributed by atoms with E-state index in [1.165, 1.54) is 15.7 Å². The maximum atomic E-state index is 11.4. The van der Waals surface area contributed by atoms with Crippen LogP contribution in [-0.4, -0.2) is 47.0 Å². The van der Waals surface area contributed by atoms with Crippen LogP contribution in [0.2, 0.25) is 0 Å². The summed E-state index contributed by atoms with van der Waals surface area (Å²) in [5, 5.41) is 16.3. The van der Waals surface area contributed by atoms with Gasteiger partial charge in [0, 0.05) is 17.5 Å². The number of hydrogen-bond donors (Lipinski definition) is 1. The highest BCUT2D eigenvalue weighted by Crippen LogP contribution is 2.31. The molecule has 1 aromatic carbocycles. The summed E-state index contributed by atoms with van der Waals surface area (Å²) in [6.45, 7) is 0.457. The first kappa shape index (κ1) is 17.2. The second kappa shape index (κ2) is 7.08. The van der Waals surface area contributed by atoms with E-state index in [1.54, 1.807) is 18.7 Å². The van der Waals surface area contributed by atoms with Gasteiger partial charge in [0.1, 0.15) is 11.9 Å². The third-order valence-corrected chi connectivity index (χ3v) is 4.75. The van der Waals surface area contributed by atoms with E-state index >= 15 is 0 Å². The van der Waals surface area contributed by atoms with Crippen LogP contribution in [0.4, 0.5) is 11.6 Å². The molecule has 1 atom stereocenters. The molecule has 9 heteroatoms. The lowest BCUT2D eigenvalue weighted by Crippen LogP contribution is -2.27. The number of nitro groups is 1. The van der Waals surface area contributed by atoms with Gasteiger partial charge in [-0.2, -0.15) is 9.38 Å². The van der Waals surface area contributed by atoms with Gasteiger partial charge in [-0.3, -0.25) is 0 Å². The Labute approximate surface area is 148 Å². The molecule has 0 spiro atoms. The summed E-state index contributed by atoms with van der Waals surface area (Å²) in [6, 6.07) is 7.72. The fourth-order valence-electron chi connectivity index (χ4n) is 2.77. The van der Waals surface area contributed by atoms with Gasteiger partial charge in [0.25, 0.3) is 4.96 Å². The molecule has 0 fully saturated rings. The first-order valence-electron chi connectivity index (χ1n) is 7.66. The first-order valence-corrected chi connectivity index (χ1v) is 8.54. The van der Waals surface area contributed by atoms with E-state index in [4.69, 9.17) is 4.74 Å². The summed E-state index contributed by atoms with van der Waals surface area (Å²) >= 11 is 1.36. The number of para-hydroxylation sites is 1. The Kier molecular flexibility index (Phi) is 4.86. The minimum absolute atomic E-state index is 0.0320. The zero-order chi connectivity index (χ0) is 18.0. The number of rotatable bonds is 7. The third-order valence-electron chi connectivity index (χ3n) is 3.99. The van der Waals surface area contributed by atoms with Crippen LogP contribution in [0.25, 0.3) is 4.96 Å². The van der Waals surface area contributed by atoms with Gasteiger partial charge in [0.05, 0.1) is 13.2 Å². The van der Waals surface area contributed by atoms with Crippen molar-refractivity contribution < 1.29 is 9.66 Å². The molecule has 2 heterocycles. The van der Waals surface area contributed by atoms with Crippen molar-refractivity contribution in [2.45, 2.75) is 6.04 Å². The van der Waals surface area contributed by atoms with Gasteiger partial charge in [-0.15, -0.1) is 0 Å². The van der Waals surface area contributed by atoms with Crippen molar-refractivity contribution in [1.29, 1.82) is 0 Å². The number of thiazole rings is 1. The molecule has 0 saturated heterocycles. The minimum atomic E-state index is -0.414. The van der Waals surface area contributed by atoms with E-state index in [2.05, 4.69) is 10.3 Å². The molecule has 8 nitrogen and oxygen atoms in total. The number of benzene rings is 1. The van der Waals surface area contributed by atoms with Gasteiger partial charge in [0.2, 0.25) is 5.82 Å². The van der Waals surface area contributed by atoms with Crippen molar-refractivity contribution in [2.24, 2.45) is 0 Å². The molecule has 0 aliphatic heterocycles. The van der Waals surface area contributed by atoms with E-state index in [0.717, 1.165) is 11.3 Å². The van der Waals surface area contributed by atoms with Crippen molar-refractivity contribution in [1.82, 2.24) is 14.3 Å². The average molecular weight is 361 g/mol. The van der Waals surface area contributed by atoms with Crippen LogP contribution in [0.15, 0.2) is 35.8 Å². The number of hydrogen-bond acceptors (Lipinski definition) is 7. The number of ether oxygens (including phenoxy) is 1. The maximum absolute atomic E-state index is 11.4. The fraction of sp³-hybridized carbons (Fsp3) is 0.312. The molecule has 0 bridgehead atoms. The van der Waals surface area contributed by atoms with E-state index in [0.29, 0.717) is 11.5 Å². The predicted molar refractivity (Wildman–Crippen MR) is 97.6 cm³/mol. The molecule has 1 unspecified atom stereocenters. The second-order valence-corrected chi connectivity index (χ2v) is 6.57. The summed E-state index contributed by atoms with van der Waals surface area (Å²) in [5.74, 6) is 1.01. The Morgan fingerprint density at radius 2 is 2.20 bits per heavy atom. The number of imidazole rings is 1. The van der Waals surface area contributed by atoms with Crippen molar-refractivity contribution in [2.75, 3.05) is 33.1 Å². The van der Waals surface area contributed by atoms with Crippen molar-refractivity contribution in [3.05, 3.63) is 51.5 Å². The van der Waals surface area contributed by atoms with Gasteiger partial charge in [-0.25, -0.2) is 0 Å². The van der Waals surface area contributed by atoms with Gasteiger partial charge in [-0.1, -0.05) is 29.5 Å². The molecule has 3 aromatic rings. The molecular formula is C16H19N5O3S. The van der Waals surface area contributed by atoms with Gasteiger partial charge < -0.3 is 25.1 Å². The number of methoxy groups -OCH3 is 1. The van der Waals surface area contributed by atoms with Gasteiger partial charge >= 0.3 is 5.82 Å². The second-order valence-electron chi connectivity index (χ2n) is 5.70. The summed E-state index contributed by atoms with van der Waals surface area (Å²) in [4.78, 5) is 18.0. The van der Waals surface area contributed by atoms with Crippen LogP contribution in [0.3, 0.4) is 0 Å². The van der Waals surface area contributed by atoms with Crippen LogP contribution in [0, 0.1) is 10.1 Å². The number of aromatic nitrogens is 2. The number of nitrogens with one attached hydrogen (secondary N) is 1. The summed E-state index contributed by atoms with van der Waals surface area (Å²) < 4.78 is 6.93. The lowest BCUT2D eigenvalue weighted by atomic mass is 10.0. The molecule has 0 aliphatic carbocycles. The summed E-state index contributed by atoms with van der Waals surface area (Å²) in [6.07, 6.45) is 1.65. The van der Waals surface area contributed by atoms with Crippen molar-refractivity contribution in [3.63, 3.8) is 0 Å². The van der Waals surface area contributed by atoms with E-state index in [-0.39, 0.29) is 17.7 Å². The van der Waals surface area contributed by atoms with E-state index < -0.39 is 4.92 Å². The SMILES string of the molecule is COc1ccccc1C(CNc1nc2sccn2c1[N+](=O)[O-])N(C)C. The van der Waals surface area contributed by atoms with Crippen molar-refractivity contribution in [3.8, 4) is 5.75 Å². The number of anilines is 1. The molecule has 0 radical (unpaired) electrons. The number of likely N-dealkylation sites (N-methyl/N-ethyl adjacent to an activating group) is 1. The van der Waals surface area contributed by atoms with Gasteiger partial charge in [0.15, 0.2) is 0 Å². The molecule has 3 rings (SSSR count). The lowest BCUT2D eigenvalue weighted by molar-refractivity contribution is -0.389. The number of nitrogens with zero attached hydrogens (tertiary/aromatic N) is 4. The number of fused-ring (bicyclic) bond motifs is 1. The smallest absolute Gasteiger partial charge is 0.372 e. The molecule has 0 saturated carbocycles. The Morgan fingerprint density at radius 1 is 1.44 bits per heavy atom. The highest BCUT2D eigenvalue weighted by molar-refractivity contribution is 7.15. The molecule has 1 N–H and O–H groups in total. The fourth-order valence-corrected chi connectivity index (χ4v) is 3.48. The molecule has 2 aromatic heterocycles. The molecule has 132 valence electrons. The predicted octanol–water partition coefficient (Wildman–Crippen LogP) is 3.03. The van der Waals surface area contributed by atoms with Crippen LogP contribution in [0.5, 0.6) is 5.75 Å². The largest absolute Gasteiger partial charge is 0.496 e. The van der Waals surface area contributed by atoms with Crippen LogP contribution in [0.1, 0.15) is 11.6 Å². The zero-order valence-corrected chi connectivity index (χ0v) is 15.0. The third kappa shape index (κ3) is 3.28. The molecule has 0 aliphatic rings. The summed E-state index contributed by atoms with van der Waals surface area (Å²) in [5.41, 5.74) is 1.01.